The molecular weight excluding hydrogens is 272 g/mol. The number of anilines is 1. The monoisotopic (exact) mass is 284 g/mol. The average molecular weight is 285 g/mol. The van der Waals surface area contributed by atoms with E-state index >= 15 is 0 Å². The van der Waals surface area contributed by atoms with Crippen LogP contribution in [0.4, 0.5) is 5.82 Å². The highest BCUT2D eigenvalue weighted by Gasteiger charge is 2.25. The molecule has 0 aromatic carbocycles. The van der Waals surface area contributed by atoms with Crippen molar-refractivity contribution in [1.82, 2.24) is 9.97 Å². The van der Waals surface area contributed by atoms with Crippen LogP contribution in [0.3, 0.4) is 0 Å². The van der Waals surface area contributed by atoms with E-state index in [1.807, 2.05) is 0 Å². The molecule has 1 saturated heterocycles. The van der Waals surface area contributed by atoms with Crippen molar-refractivity contribution in [3.05, 3.63) is 17.0 Å². The lowest BCUT2D eigenvalue weighted by Crippen LogP contribution is -2.41. The Morgan fingerprint density at radius 2 is 2.44 bits per heavy atom. The molecule has 2 N–H and O–H groups in total. The number of halogens is 1. The number of piperidine rings is 1. The Bertz CT molecular complexity index is 398. The van der Waals surface area contributed by atoms with Crippen molar-refractivity contribution in [3.63, 3.8) is 0 Å². The van der Waals surface area contributed by atoms with Crippen molar-refractivity contribution in [3.8, 4) is 0 Å². The van der Waals surface area contributed by atoms with Gasteiger partial charge in [-0.2, -0.15) is 0 Å². The number of hydrogen-bond acceptors (Lipinski definition) is 4. The Labute approximate surface area is 102 Å². The Hall–Kier alpha value is -1.17. The van der Waals surface area contributed by atoms with Gasteiger partial charge in [0.2, 0.25) is 5.91 Å². The molecule has 16 heavy (non-hydrogen) atoms. The van der Waals surface area contributed by atoms with Crippen LogP contribution in [0.15, 0.2) is 17.0 Å². The highest BCUT2D eigenvalue weighted by atomic mass is 79.9. The van der Waals surface area contributed by atoms with Crippen molar-refractivity contribution in [2.75, 3.05) is 18.0 Å². The zero-order valence-corrected chi connectivity index (χ0v) is 10.4. The van der Waals surface area contributed by atoms with Gasteiger partial charge >= 0.3 is 0 Å². The van der Waals surface area contributed by atoms with E-state index in [4.69, 9.17) is 5.73 Å². The topological polar surface area (TPSA) is 72.1 Å². The van der Waals surface area contributed by atoms with E-state index in [0.717, 1.165) is 29.7 Å². The summed E-state index contributed by atoms with van der Waals surface area (Å²) in [5.74, 6) is 0.534. The van der Waals surface area contributed by atoms with E-state index in [2.05, 4.69) is 30.8 Å². The molecule has 5 nitrogen and oxygen atoms in total. The fraction of sp³-hybridized carbons (Fsp3) is 0.500. The van der Waals surface area contributed by atoms with Gasteiger partial charge in [-0.3, -0.25) is 4.79 Å². The number of aromatic nitrogens is 2. The van der Waals surface area contributed by atoms with Gasteiger partial charge < -0.3 is 10.6 Å². The molecule has 1 amide bonds. The van der Waals surface area contributed by atoms with Gasteiger partial charge in [0.25, 0.3) is 0 Å². The van der Waals surface area contributed by atoms with E-state index in [0.29, 0.717) is 6.54 Å². The molecule has 0 spiro atoms. The van der Waals surface area contributed by atoms with Gasteiger partial charge in [0.1, 0.15) is 12.1 Å². The van der Waals surface area contributed by atoms with E-state index in [1.54, 1.807) is 6.20 Å². The van der Waals surface area contributed by atoms with Crippen LogP contribution < -0.4 is 10.6 Å². The first-order chi connectivity index (χ1) is 7.68. The number of rotatable bonds is 2. The lowest BCUT2D eigenvalue weighted by molar-refractivity contribution is -0.122. The van der Waals surface area contributed by atoms with Crippen molar-refractivity contribution in [1.29, 1.82) is 0 Å². The third-order valence-corrected chi connectivity index (χ3v) is 3.33. The molecule has 2 rings (SSSR count). The van der Waals surface area contributed by atoms with Crippen molar-refractivity contribution >= 4 is 27.7 Å². The maximum absolute atomic E-state index is 11.2. The minimum Gasteiger partial charge on any atom is -0.369 e. The van der Waals surface area contributed by atoms with Crippen LogP contribution >= 0.6 is 15.9 Å². The summed E-state index contributed by atoms with van der Waals surface area (Å²) in [5.41, 5.74) is 5.34. The normalized spacial score (nSPS) is 20.8. The SMILES string of the molecule is NC(=O)C1CCCN(c2ncncc2Br)C1. The molecule has 1 aromatic rings. The third-order valence-electron chi connectivity index (χ3n) is 2.77. The average Bonchev–Trinajstić information content (AvgIpc) is 2.30. The second-order valence-corrected chi connectivity index (χ2v) is 4.74. The summed E-state index contributed by atoms with van der Waals surface area (Å²) in [6.07, 6.45) is 5.04. The minimum absolute atomic E-state index is 0.0735. The van der Waals surface area contributed by atoms with Crippen molar-refractivity contribution in [2.45, 2.75) is 12.8 Å². The summed E-state index contributed by atoms with van der Waals surface area (Å²) >= 11 is 3.41. The number of carbonyl (C=O) groups excluding carboxylic acids is 1. The van der Waals surface area contributed by atoms with Gasteiger partial charge in [-0.15, -0.1) is 0 Å². The standard InChI is InChI=1S/C10H13BrN4O/c11-8-4-13-6-14-10(8)15-3-1-2-7(5-15)9(12)16/h4,6-7H,1-3,5H2,(H2,12,16). The molecule has 6 heteroatoms. The van der Waals surface area contributed by atoms with Crippen LogP contribution in [-0.2, 0) is 4.79 Å². The van der Waals surface area contributed by atoms with Gasteiger partial charge in [-0.1, -0.05) is 0 Å². The van der Waals surface area contributed by atoms with Gasteiger partial charge in [0.05, 0.1) is 10.4 Å². The Kier molecular flexibility index (Phi) is 3.38. The zero-order chi connectivity index (χ0) is 11.5. The van der Waals surface area contributed by atoms with Crippen LogP contribution in [0.5, 0.6) is 0 Å². The highest BCUT2D eigenvalue weighted by Crippen LogP contribution is 2.26. The summed E-state index contributed by atoms with van der Waals surface area (Å²) < 4.78 is 0.847. The van der Waals surface area contributed by atoms with Gasteiger partial charge in [-0.05, 0) is 28.8 Å². The van der Waals surface area contributed by atoms with E-state index in [-0.39, 0.29) is 11.8 Å². The van der Waals surface area contributed by atoms with Gasteiger partial charge in [-0.25, -0.2) is 9.97 Å². The second-order valence-electron chi connectivity index (χ2n) is 3.88. The summed E-state index contributed by atoms with van der Waals surface area (Å²) in [6, 6.07) is 0. The molecule has 1 atom stereocenters. The van der Waals surface area contributed by atoms with Crippen LogP contribution in [0.1, 0.15) is 12.8 Å². The Balaban J connectivity index is 2.16. The summed E-state index contributed by atoms with van der Waals surface area (Å²) in [5, 5.41) is 0. The van der Waals surface area contributed by atoms with E-state index < -0.39 is 0 Å². The third kappa shape index (κ3) is 2.32. The number of nitrogens with zero attached hydrogens (tertiary/aromatic N) is 3. The molecule has 1 aromatic heterocycles. The fourth-order valence-electron chi connectivity index (χ4n) is 1.94. The lowest BCUT2D eigenvalue weighted by Gasteiger charge is -2.32. The van der Waals surface area contributed by atoms with Crippen molar-refractivity contribution < 1.29 is 4.79 Å². The number of carbonyl (C=O) groups is 1. The molecule has 1 aliphatic rings. The first-order valence-electron chi connectivity index (χ1n) is 5.18. The molecule has 1 aliphatic heterocycles. The number of amides is 1. The summed E-state index contributed by atoms with van der Waals surface area (Å²) in [4.78, 5) is 21.4. The van der Waals surface area contributed by atoms with Crippen LogP contribution in [0.25, 0.3) is 0 Å². The molecular formula is C10H13BrN4O. The zero-order valence-electron chi connectivity index (χ0n) is 8.77. The molecule has 86 valence electrons. The first-order valence-corrected chi connectivity index (χ1v) is 5.97. The molecule has 0 aliphatic carbocycles. The maximum atomic E-state index is 11.2. The molecule has 0 bridgehead atoms. The van der Waals surface area contributed by atoms with Crippen LogP contribution in [0.2, 0.25) is 0 Å². The highest BCUT2D eigenvalue weighted by molar-refractivity contribution is 9.10. The summed E-state index contributed by atoms with van der Waals surface area (Å²) in [7, 11) is 0. The molecule has 1 unspecified atom stereocenters. The van der Waals surface area contributed by atoms with Gasteiger partial charge in [0.15, 0.2) is 0 Å². The van der Waals surface area contributed by atoms with E-state index in [1.165, 1.54) is 6.33 Å². The number of primary amides is 1. The van der Waals surface area contributed by atoms with E-state index in [9.17, 15) is 4.79 Å². The largest absolute Gasteiger partial charge is 0.369 e. The molecule has 2 heterocycles. The lowest BCUT2D eigenvalue weighted by atomic mass is 9.97. The Morgan fingerprint density at radius 3 is 3.12 bits per heavy atom. The molecule has 1 fully saturated rings. The quantitative estimate of drug-likeness (QED) is 0.877. The predicted octanol–water partition coefficient (Wildman–Crippen LogP) is 0.941. The fourth-order valence-corrected chi connectivity index (χ4v) is 2.41. The van der Waals surface area contributed by atoms with Gasteiger partial charge in [0, 0.05) is 19.3 Å². The predicted molar refractivity (Wildman–Crippen MR) is 63.9 cm³/mol. The first kappa shape index (κ1) is 11.3. The maximum Gasteiger partial charge on any atom is 0.222 e. The molecule has 0 radical (unpaired) electrons. The number of hydrogen-bond donors (Lipinski definition) is 1. The Morgan fingerprint density at radius 1 is 1.62 bits per heavy atom. The summed E-state index contributed by atoms with van der Waals surface area (Å²) in [6.45, 7) is 1.55. The number of nitrogens with two attached hydrogens (primary N) is 1. The minimum atomic E-state index is -0.227. The van der Waals surface area contributed by atoms with Crippen LogP contribution in [-0.4, -0.2) is 29.0 Å². The smallest absolute Gasteiger partial charge is 0.222 e. The second kappa shape index (κ2) is 4.78. The van der Waals surface area contributed by atoms with Crippen molar-refractivity contribution in [2.24, 2.45) is 11.7 Å². The van der Waals surface area contributed by atoms with Crippen LogP contribution in [0, 0.1) is 5.92 Å². The molecule has 0 saturated carbocycles.